The normalized spacial score (nSPS) is 13.1. The first kappa shape index (κ1) is 11.7. The van der Waals surface area contributed by atoms with Crippen molar-refractivity contribution in [1.82, 2.24) is 4.72 Å². The van der Waals surface area contributed by atoms with Crippen LogP contribution in [0.1, 0.15) is 18.5 Å². The van der Waals surface area contributed by atoms with E-state index >= 15 is 0 Å². The molecule has 0 bridgehead atoms. The van der Waals surface area contributed by atoms with Gasteiger partial charge in [0.2, 0.25) is 10.0 Å². The molecule has 0 aliphatic heterocycles. The Kier molecular flexibility index (Phi) is 3.83. The molecule has 0 saturated carbocycles. The standard InChI is InChI=1S/C10H12N2O2S/c1-2-15(13,14)12-10(8-11)9-6-4-3-5-7-9/h3-7,10,12H,2H2,1H3. The van der Waals surface area contributed by atoms with Crippen LogP contribution in [-0.2, 0) is 10.0 Å². The summed E-state index contributed by atoms with van der Waals surface area (Å²) in [5, 5.41) is 8.86. The predicted octanol–water partition coefficient (Wildman–Crippen LogP) is 1.19. The van der Waals surface area contributed by atoms with Gasteiger partial charge in [-0.3, -0.25) is 0 Å². The average Bonchev–Trinajstić information content (AvgIpc) is 2.27. The van der Waals surface area contributed by atoms with Gasteiger partial charge < -0.3 is 0 Å². The van der Waals surface area contributed by atoms with Crippen LogP contribution in [-0.4, -0.2) is 14.2 Å². The van der Waals surface area contributed by atoms with Crippen LogP contribution >= 0.6 is 0 Å². The minimum absolute atomic E-state index is 0.0297. The molecule has 1 N–H and O–H groups in total. The van der Waals surface area contributed by atoms with Gasteiger partial charge in [-0.05, 0) is 12.5 Å². The summed E-state index contributed by atoms with van der Waals surface area (Å²) in [4.78, 5) is 0. The molecule has 0 saturated heterocycles. The van der Waals surface area contributed by atoms with Crippen LogP contribution in [0.3, 0.4) is 0 Å². The summed E-state index contributed by atoms with van der Waals surface area (Å²) in [5.41, 5.74) is 0.650. The summed E-state index contributed by atoms with van der Waals surface area (Å²) < 4.78 is 24.9. The summed E-state index contributed by atoms with van der Waals surface area (Å²) in [6.45, 7) is 1.53. The van der Waals surface area contributed by atoms with Crippen molar-refractivity contribution in [2.24, 2.45) is 0 Å². The minimum Gasteiger partial charge on any atom is -0.212 e. The van der Waals surface area contributed by atoms with Gasteiger partial charge in [0, 0.05) is 0 Å². The Morgan fingerprint density at radius 1 is 1.40 bits per heavy atom. The average molecular weight is 224 g/mol. The largest absolute Gasteiger partial charge is 0.212 e. The molecular formula is C10H12N2O2S. The molecule has 0 spiro atoms. The third-order valence-corrected chi connectivity index (χ3v) is 3.29. The number of rotatable bonds is 4. The Balaban J connectivity index is 2.89. The number of nitriles is 1. The van der Waals surface area contributed by atoms with E-state index in [9.17, 15) is 8.42 Å². The molecule has 0 aliphatic carbocycles. The molecule has 0 radical (unpaired) electrons. The van der Waals surface area contributed by atoms with E-state index in [0.717, 1.165) is 0 Å². The predicted molar refractivity (Wildman–Crippen MR) is 57.4 cm³/mol. The molecule has 0 aromatic heterocycles. The molecule has 1 aromatic rings. The van der Waals surface area contributed by atoms with Crippen molar-refractivity contribution in [2.45, 2.75) is 13.0 Å². The zero-order valence-electron chi connectivity index (χ0n) is 8.34. The maximum absolute atomic E-state index is 11.3. The molecule has 1 atom stereocenters. The quantitative estimate of drug-likeness (QED) is 0.835. The lowest BCUT2D eigenvalue weighted by atomic mass is 10.1. The molecule has 1 aromatic carbocycles. The molecule has 80 valence electrons. The second-order valence-corrected chi connectivity index (χ2v) is 5.04. The van der Waals surface area contributed by atoms with Crippen LogP contribution < -0.4 is 4.72 Å². The van der Waals surface area contributed by atoms with E-state index in [2.05, 4.69) is 4.72 Å². The summed E-state index contributed by atoms with van der Waals surface area (Å²) in [6.07, 6.45) is 0. The molecule has 5 heteroatoms. The van der Waals surface area contributed by atoms with Gasteiger partial charge in [-0.2, -0.15) is 9.98 Å². The second-order valence-electron chi connectivity index (χ2n) is 2.99. The van der Waals surface area contributed by atoms with Crippen LogP contribution in [0.5, 0.6) is 0 Å². The third-order valence-electron chi connectivity index (χ3n) is 1.94. The van der Waals surface area contributed by atoms with Crippen molar-refractivity contribution < 1.29 is 8.42 Å². The highest BCUT2D eigenvalue weighted by molar-refractivity contribution is 7.89. The highest BCUT2D eigenvalue weighted by Gasteiger charge is 2.16. The Labute approximate surface area is 89.6 Å². The monoisotopic (exact) mass is 224 g/mol. The molecule has 4 nitrogen and oxygen atoms in total. The summed E-state index contributed by atoms with van der Waals surface area (Å²) in [7, 11) is -3.35. The summed E-state index contributed by atoms with van der Waals surface area (Å²) in [5.74, 6) is -0.0297. The smallest absolute Gasteiger partial charge is 0.212 e. The first-order valence-corrected chi connectivity index (χ1v) is 6.19. The van der Waals surface area contributed by atoms with Crippen LogP contribution in [0, 0.1) is 11.3 Å². The van der Waals surface area contributed by atoms with Crippen LogP contribution in [0.4, 0.5) is 0 Å². The van der Waals surface area contributed by atoms with Gasteiger partial charge in [0.1, 0.15) is 6.04 Å². The van der Waals surface area contributed by atoms with E-state index < -0.39 is 16.1 Å². The Hall–Kier alpha value is -1.38. The number of nitrogens with zero attached hydrogens (tertiary/aromatic N) is 1. The number of sulfonamides is 1. The van der Waals surface area contributed by atoms with Crippen molar-refractivity contribution in [1.29, 1.82) is 5.26 Å². The number of hydrogen-bond donors (Lipinski definition) is 1. The zero-order chi connectivity index (χ0) is 11.3. The number of hydrogen-bond acceptors (Lipinski definition) is 3. The first-order valence-electron chi connectivity index (χ1n) is 4.53. The molecule has 15 heavy (non-hydrogen) atoms. The van der Waals surface area contributed by atoms with Gasteiger partial charge in [-0.25, -0.2) is 8.42 Å². The zero-order valence-corrected chi connectivity index (χ0v) is 9.16. The van der Waals surface area contributed by atoms with E-state index in [0.29, 0.717) is 5.56 Å². The minimum atomic E-state index is -3.35. The molecule has 1 rings (SSSR count). The fourth-order valence-corrected chi connectivity index (χ4v) is 1.79. The molecule has 1 unspecified atom stereocenters. The first-order chi connectivity index (χ1) is 7.09. The molecule has 0 amide bonds. The number of benzene rings is 1. The van der Waals surface area contributed by atoms with Crippen molar-refractivity contribution in [3.63, 3.8) is 0 Å². The van der Waals surface area contributed by atoms with E-state index in [1.165, 1.54) is 6.92 Å². The van der Waals surface area contributed by atoms with Gasteiger partial charge in [-0.1, -0.05) is 30.3 Å². The van der Waals surface area contributed by atoms with E-state index in [4.69, 9.17) is 5.26 Å². The fraction of sp³-hybridized carbons (Fsp3) is 0.300. The Morgan fingerprint density at radius 2 is 2.00 bits per heavy atom. The third kappa shape index (κ3) is 3.35. The lowest BCUT2D eigenvalue weighted by molar-refractivity contribution is 0.577. The SMILES string of the molecule is CCS(=O)(=O)NC(C#N)c1ccccc1. The molecule has 0 heterocycles. The van der Waals surface area contributed by atoms with E-state index in [-0.39, 0.29) is 5.75 Å². The molecular weight excluding hydrogens is 212 g/mol. The topological polar surface area (TPSA) is 70.0 Å². The van der Waals surface area contributed by atoms with Crippen molar-refractivity contribution in [2.75, 3.05) is 5.75 Å². The van der Waals surface area contributed by atoms with Crippen molar-refractivity contribution >= 4 is 10.0 Å². The lowest BCUT2D eigenvalue weighted by Crippen LogP contribution is -2.29. The highest BCUT2D eigenvalue weighted by atomic mass is 32.2. The van der Waals surface area contributed by atoms with Crippen LogP contribution in [0.15, 0.2) is 30.3 Å². The summed E-state index contributed by atoms with van der Waals surface area (Å²) >= 11 is 0. The summed E-state index contributed by atoms with van der Waals surface area (Å²) in [6, 6.07) is 9.88. The second kappa shape index (κ2) is 4.91. The van der Waals surface area contributed by atoms with Crippen molar-refractivity contribution in [3.05, 3.63) is 35.9 Å². The lowest BCUT2D eigenvalue weighted by Gasteiger charge is -2.10. The van der Waals surface area contributed by atoms with Crippen LogP contribution in [0.2, 0.25) is 0 Å². The molecule has 0 fully saturated rings. The van der Waals surface area contributed by atoms with Crippen LogP contribution in [0.25, 0.3) is 0 Å². The highest BCUT2D eigenvalue weighted by Crippen LogP contribution is 2.12. The Bertz CT molecular complexity index is 448. The maximum Gasteiger partial charge on any atom is 0.212 e. The van der Waals surface area contributed by atoms with Crippen molar-refractivity contribution in [3.8, 4) is 6.07 Å². The van der Waals surface area contributed by atoms with Gasteiger partial charge in [0.25, 0.3) is 0 Å². The fourth-order valence-electron chi connectivity index (χ4n) is 1.08. The number of nitrogens with one attached hydrogen (secondary N) is 1. The van der Waals surface area contributed by atoms with Gasteiger partial charge >= 0.3 is 0 Å². The Morgan fingerprint density at radius 3 is 2.47 bits per heavy atom. The van der Waals surface area contributed by atoms with E-state index in [1.54, 1.807) is 24.3 Å². The molecule has 0 aliphatic rings. The van der Waals surface area contributed by atoms with Gasteiger partial charge in [-0.15, -0.1) is 0 Å². The maximum atomic E-state index is 11.3. The van der Waals surface area contributed by atoms with Gasteiger partial charge in [0.15, 0.2) is 0 Å². The van der Waals surface area contributed by atoms with E-state index in [1.807, 2.05) is 12.1 Å². The van der Waals surface area contributed by atoms with Gasteiger partial charge in [0.05, 0.1) is 11.8 Å².